The van der Waals surface area contributed by atoms with Crippen molar-refractivity contribution in [1.82, 2.24) is 5.32 Å². The Hall–Kier alpha value is -1.01. The largest absolute Gasteiger partial charge is 0.423 e. The van der Waals surface area contributed by atoms with Crippen LogP contribution in [-0.4, -0.2) is 37.1 Å². The van der Waals surface area contributed by atoms with Crippen molar-refractivity contribution in [3.05, 3.63) is 0 Å². The molecule has 3 nitrogen and oxygen atoms in total. The van der Waals surface area contributed by atoms with E-state index in [1.807, 2.05) is 6.07 Å². The Kier molecular flexibility index (Phi) is 7.47. The minimum Gasteiger partial charge on any atom is -0.361 e. The number of alkyl halides is 6. The van der Waals surface area contributed by atoms with Crippen LogP contribution in [0.3, 0.4) is 0 Å². The van der Waals surface area contributed by atoms with Gasteiger partial charge in [0.15, 0.2) is 0 Å². The van der Waals surface area contributed by atoms with E-state index in [0.717, 1.165) is 0 Å². The number of nitrogens with zero attached hydrogens (tertiary/aromatic N) is 1. The summed E-state index contributed by atoms with van der Waals surface area (Å²) in [5, 5.41) is 11.9. The zero-order valence-corrected chi connectivity index (χ0v) is 11.7. The molecule has 9 heteroatoms. The molecule has 124 valence electrons. The van der Waals surface area contributed by atoms with Gasteiger partial charge in [-0.15, -0.1) is 0 Å². The van der Waals surface area contributed by atoms with E-state index in [1.165, 1.54) is 0 Å². The Morgan fingerprint density at radius 3 is 1.95 bits per heavy atom. The van der Waals surface area contributed by atoms with Crippen LogP contribution in [0.4, 0.5) is 26.3 Å². The molecule has 0 aliphatic carbocycles. The Morgan fingerprint density at radius 2 is 1.62 bits per heavy atom. The fourth-order valence-electron chi connectivity index (χ4n) is 1.85. The third-order valence-corrected chi connectivity index (χ3v) is 2.96. The first-order chi connectivity index (χ1) is 9.52. The summed E-state index contributed by atoms with van der Waals surface area (Å²) >= 11 is 0. The van der Waals surface area contributed by atoms with Crippen LogP contribution in [0.5, 0.6) is 0 Å². The van der Waals surface area contributed by atoms with Gasteiger partial charge in [-0.25, -0.2) is 0 Å². The van der Waals surface area contributed by atoms with Crippen LogP contribution in [0.1, 0.15) is 33.1 Å². The number of rotatable bonds is 8. The van der Waals surface area contributed by atoms with Crippen molar-refractivity contribution in [2.24, 2.45) is 0 Å². The first-order valence-electron chi connectivity index (χ1n) is 6.43. The smallest absolute Gasteiger partial charge is 0.361 e. The van der Waals surface area contributed by atoms with E-state index in [-0.39, 0.29) is 12.8 Å². The number of hydrogen-bond acceptors (Lipinski definition) is 3. The molecule has 0 amide bonds. The number of ether oxygens (including phenoxy) is 1. The molecule has 0 fully saturated rings. The van der Waals surface area contributed by atoms with Gasteiger partial charge in [0.25, 0.3) is 0 Å². The normalized spacial score (nSPS) is 15.8. The highest BCUT2D eigenvalue weighted by molar-refractivity contribution is 5.05. The maximum absolute atomic E-state index is 12.2. The van der Waals surface area contributed by atoms with Crippen molar-refractivity contribution in [3.63, 3.8) is 0 Å². The molecular weight excluding hydrogens is 302 g/mol. The predicted octanol–water partition coefficient (Wildman–Crippen LogP) is 3.56. The van der Waals surface area contributed by atoms with E-state index < -0.39 is 30.6 Å². The summed E-state index contributed by atoms with van der Waals surface area (Å²) in [4.78, 5) is 0. The van der Waals surface area contributed by atoms with Gasteiger partial charge in [-0.3, -0.25) is 5.32 Å². The maximum Gasteiger partial charge on any atom is 0.423 e. The van der Waals surface area contributed by atoms with Crippen molar-refractivity contribution < 1.29 is 31.1 Å². The highest BCUT2D eigenvalue weighted by atomic mass is 19.4. The molecule has 1 N–H and O–H groups in total. The van der Waals surface area contributed by atoms with Crippen molar-refractivity contribution in [2.75, 3.05) is 13.2 Å². The van der Waals surface area contributed by atoms with Gasteiger partial charge >= 0.3 is 12.4 Å². The standard InChI is InChI=1S/C12H18F6N2O/c1-3-10(8-19,20-4-2)6-5-7-21-9(11(13,14)15)12(16,17)18/h9,20H,3-7H2,1-2H3. The van der Waals surface area contributed by atoms with Crippen molar-refractivity contribution in [2.45, 2.75) is 57.1 Å². The molecule has 0 rings (SSSR count). The van der Waals surface area contributed by atoms with Crippen molar-refractivity contribution in [1.29, 1.82) is 5.26 Å². The second-order valence-electron chi connectivity index (χ2n) is 4.52. The number of halogens is 6. The van der Waals surface area contributed by atoms with Crippen LogP contribution < -0.4 is 5.32 Å². The van der Waals surface area contributed by atoms with Crippen molar-refractivity contribution in [3.8, 4) is 6.07 Å². The van der Waals surface area contributed by atoms with Gasteiger partial charge in [-0.05, 0) is 25.8 Å². The highest BCUT2D eigenvalue weighted by Crippen LogP contribution is 2.35. The van der Waals surface area contributed by atoms with E-state index in [0.29, 0.717) is 13.0 Å². The third-order valence-electron chi connectivity index (χ3n) is 2.96. The number of nitriles is 1. The van der Waals surface area contributed by atoms with Crippen LogP contribution in [0, 0.1) is 11.3 Å². The number of nitrogens with one attached hydrogen (secondary N) is 1. The number of hydrogen-bond donors (Lipinski definition) is 1. The molecule has 21 heavy (non-hydrogen) atoms. The molecular formula is C12H18F6N2O. The Morgan fingerprint density at radius 1 is 1.10 bits per heavy atom. The van der Waals surface area contributed by atoms with Gasteiger partial charge in [0.05, 0.1) is 6.07 Å². The lowest BCUT2D eigenvalue weighted by atomic mass is 9.92. The molecule has 0 bridgehead atoms. The SMILES string of the molecule is CCNC(C#N)(CC)CCCOC(C(F)(F)F)C(F)(F)F. The fourth-order valence-corrected chi connectivity index (χ4v) is 1.85. The lowest BCUT2D eigenvalue weighted by Crippen LogP contribution is -2.45. The predicted molar refractivity (Wildman–Crippen MR) is 63.4 cm³/mol. The molecule has 0 aromatic heterocycles. The molecule has 0 aromatic carbocycles. The summed E-state index contributed by atoms with van der Waals surface area (Å²) in [5.74, 6) is 0. The van der Waals surface area contributed by atoms with Gasteiger partial charge in [0, 0.05) is 6.61 Å². The summed E-state index contributed by atoms with van der Waals surface area (Å²) < 4.78 is 77.3. The molecule has 0 saturated heterocycles. The molecule has 0 aromatic rings. The first kappa shape index (κ1) is 20.0. The lowest BCUT2D eigenvalue weighted by molar-refractivity contribution is -0.321. The quantitative estimate of drug-likeness (QED) is 0.549. The fraction of sp³-hybridized carbons (Fsp3) is 0.917. The van der Waals surface area contributed by atoms with Crippen LogP contribution in [-0.2, 0) is 4.74 Å². The average molecular weight is 320 g/mol. The van der Waals surface area contributed by atoms with E-state index in [4.69, 9.17) is 5.26 Å². The lowest BCUT2D eigenvalue weighted by Gasteiger charge is -2.27. The zero-order valence-electron chi connectivity index (χ0n) is 11.7. The molecule has 1 atom stereocenters. The molecule has 1 unspecified atom stereocenters. The summed E-state index contributed by atoms with van der Waals surface area (Å²) in [5.41, 5.74) is -0.954. The van der Waals surface area contributed by atoms with Crippen molar-refractivity contribution >= 4 is 0 Å². The van der Waals surface area contributed by atoms with Crippen LogP contribution in [0.15, 0.2) is 0 Å². The molecule has 0 heterocycles. The second kappa shape index (κ2) is 7.84. The van der Waals surface area contributed by atoms with E-state index in [2.05, 4.69) is 10.1 Å². The Bertz CT molecular complexity index is 335. The Balaban J connectivity index is 4.50. The first-order valence-corrected chi connectivity index (χ1v) is 6.43. The third kappa shape index (κ3) is 6.52. The molecule has 0 aliphatic heterocycles. The van der Waals surface area contributed by atoms with Gasteiger partial charge in [-0.1, -0.05) is 13.8 Å². The van der Waals surface area contributed by atoms with E-state index in [9.17, 15) is 26.3 Å². The summed E-state index contributed by atoms with van der Waals surface area (Å²) in [6, 6.07) is 2.00. The van der Waals surface area contributed by atoms with Gasteiger partial charge < -0.3 is 4.74 Å². The minimum absolute atomic E-state index is 0.0863. The van der Waals surface area contributed by atoms with Gasteiger partial charge in [0.2, 0.25) is 6.10 Å². The molecule has 0 radical (unpaired) electrons. The second-order valence-corrected chi connectivity index (χ2v) is 4.52. The van der Waals surface area contributed by atoms with Gasteiger partial charge in [0.1, 0.15) is 5.54 Å². The summed E-state index contributed by atoms with van der Waals surface area (Å²) in [6.07, 6.45) is -14.4. The van der Waals surface area contributed by atoms with Gasteiger partial charge in [-0.2, -0.15) is 31.6 Å². The molecule has 0 spiro atoms. The maximum atomic E-state index is 12.2. The average Bonchev–Trinajstić information content (AvgIpc) is 2.34. The van der Waals surface area contributed by atoms with E-state index >= 15 is 0 Å². The summed E-state index contributed by atoms with van der Waals surface area (Å²) in [6.45, 7) is 3.21. The minimum atomic E-state index is -5.50. The van der Waals surface area contributed by atoms with Crippen LogP contribution in [0.25, 0.3) is 0 Å². The van der Waals surface area contributed by atoms with Crippen LogP contribution >= 0.6 is 0 Å². The Labute approximate surface area is 119 Å². The molecule has 0 saturated carbocycles. The molecule has 0 aliphatic rings. The van der Waals surface area contributed by atoms with E-state index in [1.54, 1.807) is 13.8 Å². The zero-order chi connectivity index (χ0) is 16.7. The van der Waals surface area contributed by atoms with Crippen LogP contribution in [0.2, 0.25) is 0 Å². The topological polar surface area (TPSA) is 45.0 Å². The monoisotopic (exact) mass is 320 g/mol. The highest BCUT2D eigenvalue weighted by Gasteiger charge is 2.57. The summed E-state index contributed by atoms with van der Waals surface area (Å²) in [7, 11) is 0.